The van der Waals surface area contributed by atoms with Crippen LogP contribution in [0, 0.1) is 0 Å². The lowest BCUT2D eigenvalue weighted by Gasteiger charge is -2.20. The lowest BCUT2D eigenvalue weighted by Crippen LogP contribution is -2.15. The van der Waals surface area contributed by atoms with Gasteiger partial charge in [0.15, 0.2) is 0 Å². The van der Waals surface area contributed by atoms with Gasteiger partial charge in [-0.3, -0.25) is 9.59 Å². The highest BCUT2D eigenvalue weighted by Crippen LogP contribution is 2.32. The van der Waals surface area contributed by atoms with Crippen LogP contribution in [0.5, 0.6) is 0 Å². The fraction of sp³-hybridized carbons (Fsp3) is 0.576. The van der Waals surface area contributed by atoms with Crippen molar-refractivity contribution in [3.05, 3.63) is 65.2 Å². The van der Waals surface area contributed by atoms with Gasteiger partial charge < -0.3 is 10.1 Å². The summed E-state index contributed by atoms with van der Waals surface area (Å²) in [5.74, 6) is 0.776. The molecule has 1 amide bonds. The first-order valence-corrected chi connectivity index (χ1v) is 14.5. The molecule has 2 aromatic rings. The summed E-state index contributed by atoms with van der Waals surface area (Å²) in [6.07, 6.45) is 12.5. The fourth-order valence-electron chi connectivity index (χ4n) is 4.70. The van der Waals surface area contributed by atoms with Crippen molar-refractivity contribution in [3.63, 3.8) is 0 Å². The molecule has 0 aliphatic heterocycles. The summed E-state index contributed by atoms with van der Waals surface area (Å²) in [6.45, 7) is 9.25. The van der Waals surface area contributed by atoms with E-state index in [-0.39, 0.29) is 11.9 Å². The molecule has 204 valence electrons. The van der Waals surface area contributed by atoms with Crippen molar-refractivity contribution in [1.82, 2.24) is 0 Å². The second kappa shape index (κ2) is 17.8. The van der Waals surface area contributed by atoms with Crippen molar-refractivity contribution in [2.45, 2.75) is 117 Å². The van der Waals surface area contributed by atoms with Crippen LogP contribution in [0.1, 0.15) is 127 Å². The van der Waals surface area contributed by atoms with Gasteiger partial charge in [-0.15, -0.1) is 0 Å². The van der Waals surface area contributed by atoms with Gasteiger partial charge in [-0.1, -0.05) is 128 Å². The van der Waals surface area contributed by atoms with Gasteiger partial charge in [-0.25, -0.2) is 0 Å². The van der Waals surface area contributed by atoms with E-state index < -0.39 is 0 Å². The standard InChI is InChI=1S/C33H49NO3/c1-26(2)29-21-18-22-30(27(3)4)33(29)34-31(35)23-16-11-9-7-5-6-8-10-12-17-24-37-32(36)25-28-19-14-13-15-20-28/h13-15,18-22,26-27H,5-12,16-17,23-25H2,1-4H3,(H,34,35). The first-order valence-electron chi connectivity index (χ1n) is 14.5. The number of ether oxygens (including phenoxy) is 1. The molecular weight excluding hydrogens is 458 g/mol. The van der Waals surface area contributed by atoms with E-state index in [0.717, 1.165) is 36.9 Å². The Labute approximate surface area is 225 Å². The molecule has 4 nitrogen and oxygen atoms in total. The summed E-state index contributed by atoms with van der Waals surface area (Å²) in [5.41, 5.74) is 4.48. The number of hydrogen-bond acceptors (Lipinski definition) is 3. The Morgan fingerprint density at radius 3 is 1.73 bits per heavy atom. The molecule has 1 N–H and O–H groups in total. The SMILES string of the molecule is CC(C)c1cccc(C(C)C)c1NC(=O)CCCCCCCCCCCCOC(=O)Cc1ccccc1. The molecule has 2 aromatic carbocycles. The van der Waals surface area contributed by atoms with E-state index in [1.165, 1.54) is 49.7 Å². The molecule has 0 saturated heterocycles. The molecule has 0 spiro atoms. The summed E-state index contributed by atoms with van der Waals surface area (Å²) in [4.78, 5) is 24.5. The van der Waals surface area contributed by atoms with Crippen molar-refractivity contribution in [2.75, 3.05) is 11.9 Å². The highest BCUT2D eigenvalue weighted by atomic mass is 16.5. The molecule has 0 unspecified atom stereocenters. The largest absolute Gasteiger partial charge is 0.465 e. The Hall–Kier alpha value is -2.62. The molecule has 0 radical (unpaired) electrons. The molecule has 0 bridgehead atoms. The quantitative estimate of drug-likeness (QED) is 0.162. The van der Waals surface area contributed by atoms with Gasteiger partial charge in [-0.2, -0.15) is 0 Å². The third-order valence-corrected chi connectivity index (χ3v) is 6.89. The molecular formula is C33H49NO3. The summed E-state index contributed by atoms with van der Waals surface area (Å²) in [7, 11) is 0. The van der Waals surface area contributed by atoms with Crippen LogP contribution in [-0.2, 0) is 20.7 Å². The minimum absolute atomic E-state index is 0.135. The van der Waals surface area contributed by atoms with Gasteiger partial charge in [0, 0.05) is 12.1 Å². The predicted molar refractivity (Wildman–Crippen MR) is 155 cm³/mol. The maximum absolute atomic E-state index is 12.6. The number of esters is 1. The minimum atomic E-state index is -0.135. The van der Waals surface area contributed by atoms with Gasteiger partial charge in [0.05, 0.1) is 13.0 Å². The number of amides is 1. The van der Waals surface area contributed by atoms with E-state index >= 15 is 0 Å². The van der Waals surface area contributed by atoms with E-state index in [2.05, 4.69) is 51.2 Å². The molecule has 0 saturated carbocycles. The van der Waals surface area contributed by atoms with Crippen LogP contribution in [0.3, 0.4) is 0 Å². The summed E-state index contributed by atoms with van der Waals surface area (Å²) in [5, 5.41) is 3.23. The average Bonchev–Trinajstić information content (AvgIpc) is 2.87. The first-order chi connectivity index (χ1) is 17.9. The molecule has 2 rings (SSSR count). The van der Waals surface area contributed by atoms with Crippen molar-refractivity contribution < 1.29 is 14.3 Å². The average molecular weight is 508 g/mol. The number of para-hydroxylation sites is 1. The van der Waals surface area contributed by atoms with E-state index in [9.17, 15) is 9.59 Å². The van der Waals surface area contributed by atoms with Gasteiger partial charge >= 0.3 is 5.97 Å². The molecule has 0 aromatic heterocycles. The molecule has 0 atom stereocenters. The topological polar surface area (TPSA) is 55.4 Å². The normalized spacial score (nSPS) is 11.2. The zero-order chi connectivity index (χ0) is 26.9. The number of carbonyl (C=O) groups is 2. The second-order valence-corrected chi connectivity index (χ2v) is 10.8. The maximum atomic E-state index is 12.6. The third-order valence-electron chi connectivity index (χ3n) is 6.89. The monoisotopic (exact) mass is 507 g/mol. The Morgan fingerprint density at radius 1 is 0.676 bits per heavy atom. The summed E-state index contributed by atoms with van der Waals surface area (Å²) < 4.78 is 5.34. The lowest BCUT2D eigenvalue weighted by atomic mass is 9.92. The lowest BCUT2D eigenvalue weighted by molar-refractivity contribution is -0.143. The van der Waals surface area contributed by atoms with E-state index in [0.29, 0.717) is 31.3 Å². The third kappa shape index (κ3) is 12.5. The summed E-state index contributed by atoms with van der Waals surface area (Å²) in [6, 6.07) is 16.1. The Morgan fingerprint density at radius 2 is 1.19 bits per heavy atom. The van der Waals surface area contributed by atoms with Gasteiger partial charge in [-0.05, 0) is 41.4 Å². The molecule has 4 heteroatoms. The number of rotatable bonds is 18. The van der Waals surface area contributed by atoms with Gasteiger partial charge in [0.25, 0.3) is 0 Å². The Balaban J connectivity index is 1.45. The van der Waals surface area contributed by atoms with Crippen LogP contribution in [0.15, 0.2) is 48.5 Å². The zero-order valence-corrected chi connectivity index (χ0v) is 23.7. The number of anilines is 1. The van der Waals surface area contributed by atoms with Crippen molar-refractivity contribution >= 4 is 17.6 Å². The van der Waals surface area contributed by atoms with Crippen LogP contribution in [0.25, 0.3) is 0 Å². The van der Waals surface area contributed by atoms with Crippen LogP contribution < -0.4 is 5.32 Å². The molecule has 0 heterocycles. The highest BCUT2D eigenvalue weighted by Gasteiger charge is 2.15. The summed E-state index contributed by atoms with van der Waals surface area (Å²) >= 11 is 0. The number of nitrogens with one attached hydrogen (secondary N) is 1. The minimum Gasteiger partial charge on any atom is -0.465 e. The number of unbranched alkanes of at least 4 members (excludes halogenated alkanes) is 9. The smallest absolute Gasteiger partial charge is 0.310 e. The Bertz CT molecular complexity index is 894. The molecule has 0 fully saturated rings. The van der Waals surface area contributed by atoms with Crippen LogP contribution in [0.2, 0.25) is 0 Å². The zero-order valence-electron chi connectivity index (χ0n) is 23.7. The van der Waals surface area contributed by atoms with Crippen molar-refractivity contribution in [2.24, 2.45) is 0 Å². The van der Waals surface area contributed by atoms with Crippen LogP contribution in [0.4, 0.5) is 5.69 Å². The predicted octanol–water partition coefficient (Wildman–Crippen LogP) is 8.95. The van der Waals surface area contributed by atoms with E-state index in [4.69, 9.17) is 4.74 Å². The van der Waals surface area contributed by atoms with Crippen LogP contribution in [-0.4, -0.2) is 18.5 Å². The maximum Gasteiger partial charge on any atom is 0.310 e. The van der Waals surface area contributed by atoms with Crippen molar-refractivity contribution in [3.8, 4) is 0 Å². The molecule has 0 aliphatic rings. The number of benzene rings is 2. The van der Waals surface area contributed by atoms with Gasteiger partial charge in [0.1, 0.15) is 0 Å². The van der Waals surface area contributed by atoms with Crippen LogP contribution >= 0.6 is 0 Å². The highest BCUT2D eigenvalue weighted by molar-refractivity contribution is 5.92. The fourth-order valence-corrected chi connectivity index (χ4v) is 4.70. The van der Waals surface area contributed by atoms with E-state index in [1.54, 1.807) is 0 Å². The molecule has 37 heavy (non-hydrogen) atoms. The van der Waals surface area contributed by atoms with Crippen molar-refractivity contribution in [1.29, 1.82) is 0 Å². The first kappa shape index (κ1) is 30.6. The van der Waals surface area contributed by atoms with Gasteiger partial charge in [0.2, 0.25) is 5.91 Å². The molecule has 0 aliphatic carbocycles. The second-order valence-electron chi connectivity index (χ2n) is 10.8. The number of hydrogen-bond donors (Lipinski definition) is 1. The Kier molecular flexibility index (Phi) is 14.7. The number of carbonyl (C=O) groups excluding carboxylic acids is 2. The van der Waals surface area contributed by atoms with E-state index in [1.807, 2.05) is 30.3 Å².